The first-order valence-corrected chi connectivity index (χ1v) is 9.33. The predicted molar refractivity (Wildman–Crippen MR) is 106 cm³/mol. The Hall–Kier alpha value is -3.35. The standard InChI is InChI=1S/C21H23N5O2/c1-3-4-9-20(28)26(15(2)27)14-16-10-12-17(13-11-16)18-7-5-6-8-19(18)21-22-24-25-23-21/h5-8,10-13H,3-4,9,14H2,1-2H3,(H,22,23,24,25). The van der Waals surface area contributed by atoms with E-state index in [0.29, 0.717) is 12.2 Å². The lowest BCUT2D eigenvalue weighted by atomic mass is 9.98. The SMILES string of the molecule is CCCCC(=O)N(Cc1ccc(-c2ccccc2-c2nn[nH]n2)cc1)C(C)=O. The van der Waals surface area contributed by atoms with E-state index in [1.807, 2.05) is 55.5 Å². The highest BCUT2D eigenvalue weighted by Gasteiger charge is 2.18. The van der Waals surface area contributed by atoms with E-state index in [0.717, 1.165) is 35.1 Å². The van der Waals surface area contributed by atoms with Gasteiger partial charge in [-0.25, -0.2) is 0 Å². The highest BCUT2D eigenvalue weighted by molar-refractivity contribution is 5.94. The van der Waals surface area contributed by atoms with Gasteiger partial charge in [-0.3, -0.25) is 14.5 Å². The summed E-state index contributed by atoms with van der Waals surface area (Å²) >= 11 is 0. The second-order valence-electron chi connectivity index (χ2n) is 6.58. The summed E-state index contributed by atoms with van der Waals surface area (Å²) in [5.74, 6) is 0.178. The van der Waals surface area contributed by atoms with Gasteiger partial charge in [-0.1, -0.05) is 61.9 Å². The summed E-state index contributed by atoms with van der Waals surface area (Å²) < 4.78 is 0. The minimum atomic E-state index is -0.229. The van der Waals surface area contributed by atoms with E-state index in [-0.39, 0.29) is 18.4 Å². The van der Waals surface area contributed by atoms with Crippen LogP contribution in [0.2, 0.25) is 0 Å². The highest BCUT2D eigenvalue weighted by Crippen LogP contribution is 2.29. The highest BCUT2D eigenvalue weighted by atomic mass is 16.2. The lowest BCUT2D eigenvalue weighted by Gasteiger charge is -2.19. The molecule has 2 amide bonds. The molecule has 0 atom stereocenters. The molecule has 0 spiro atoms. The molecule has 0 saturated carbocycles. The van der Waals surface area contributed by atoms with E-state index in [1.54, 1.807) is 0 Å². The van der Waals surface area contributed by atoms with Gasteiger partial charge >= 0.3 is 0 Å². The molecular formula is C21H23N5O2. The van der Waals surface area contributed by atoms with E-state index < -0.39 is 0 Å². The Labute approximate surface area is 163 Å². The summed E-state index contributed by atoms with van der Waals surface area (Å²) in [6.45, 7) is 3.74. The van der Waals surface area contributed by atoms with Gasteiger partial charge in [-0.05, 0) is 28.3 Å². The molecule has 7 heteroatoms. The molecule has 0 bridgehead atoms. The van der Waals surface area contributed by atoms with Crippen LogP contribution in [-0.4, -0.2) is 37.3 Å². The molecule has 0 fully saturated rings. The molecule has 0 saturated heterocycles. The zero-order chi connectivity index (χ0) is 19.9. The van der Waals surface area contributed by atoms with Crippen LogP contribution in [0.4, 0.5) is 0 Å². The number of tetrazole rings is 1. The van der Waals surface area contributed by atoms with E-state index >= 15 is 0 Å². The van der Waals surface area contributed by atoms with Crippen molar-refractivity contribution < 1.29 is 9.59 Å². The third-order valence-electron chi connectivity index (χ3n) is 4.54. The average molecular weight is 377 g/mol. The van der Waals surface area contributed by atoms with Crippen LogP contribution in [0.3, 0.4) is 0 Å². The zero-order valence-corrected chi connectivity index (χ0v) is 16.1. The maximum absolute atomic E-state index is 12.3. The first-order chi connectivity index (χ1) is 13.6. The summed E-state index contributed by atoms with van der Waals surface area (Å²) in [5, 5.41) is 14.2. The van der Waals surface area contributed by atoms with Crippen molar-refractivity contribution in [2.24, 2.45) is 0 Å². The number of benzene rings is 2. The average Bonchev–Trinajstić information content (AvgIpc) is 3.25. The lowest BCUT2D eigenvalue weighted by Crippen LogP contribution is -2.34. The Bertz CT molecular complexity index is 936. The summed E-state index contributed by atoms with van der Waals surface area (Å²) in [4.78, 5) is 25.5. The number of rotatable bonds is 7. The molecule has 3 aromatic rings. The normalized spacial score (nSPS) is 10.6. The minimum absolute atomic E-state index is 0.124. The molecule has 1 aromatic heterocycles. The molecule has 7 nitrogen and oxygen atoms in total. The number of hydrogen-bond acceptors (Lipinski definition) is 5. The number of hydrogen-bond donors (Lipinski definition) is 1. The fourth-order valence-corrected chi connectivity index (χ4v) is 3.02. The topological polar surface area (TPSA) is 91.8 Å². The van der Waals surface area contributed by atoms with Gasteiger partial charge in [0.2, 0.25) is 17.6 Å². The Kier molecular flexibility index (Phi) is 6.26. The van der Waals surface area contributed by atoms with Gasteiger partial charge in [0.15, 0.2) is 0 Å². The van der Waals surface area contributed by atoms with Crippen molar-refractivity contribution >= 4 is 11.8 Å². The van der Waals surface area contributed by atoms with Gasteiger partial charge in [0.05, 0.1) is 6.54 Å². The molecule has 1 heterocycles. The van der Waals surface area contributed by atoms with Gasteiger partial charge < -0.3 is 0 Å². The Morgan fingerprint density at radius 1 is 1.04 bits per heavy atom. The van der Waals surface area contributed by atoms with Crippen LogP contribution in [0.25, 0.3) is 22.5 Å². The van der Waals surface area contributed by atoms with Crippen LogP contribution in [0.5, 0.6) is 0 Å². The van der Waals surface area contributed by atoms with Crippen LogP contribution < -0.4 is 0 Å². The Balaban J connectivity index is 1.81. The van der Waals surface area contributed by atoms with E-state index in [2.05, 4.69) is 20.6 Å². The molecule has 0 aliphatic rings. The van der Waals surface area contributed by atoms with E-state index in [9.17, 15) is 9.59 Å². The molecule has 1 N–H and O–H groups in total. The first kappa shape index (κ1) is 19.4. The van der Waals surface area contributed by atoms with Gasteiger partial charge in [0.25, 0.3) is 0 Å². The Morgan fingerprint density at radius 3 is 2.36 bits per heavy atom. The Morgan fingerprint density at radius 2 is 1.75 bits per heavy atom. The van der Waals surface area contributed by atoms with Crippen molar-refractivity contribution in [3.63, 3.8) is 0 Å². The maximum atomic E-state index is 12.3. The van der Waals surface area contributed by atoms with Crippen LogP contribution >= 0.6 is 0 Å². The maximum Gasteiger partial charge on any atom is 0.229 e. The fourth-order valence-electron chi connectivity index (χ4n) is 3.02. The number of nitrogens with zero attached hydrogens (tertiary/aromatic N) is 4. The fraction of sp³-hybridized carbons (Fsp3) is 0.286. The van der Waals surface area contributed by atoms with Crippen molar-refractivity contribution in [3.05, 3.63) is 54.1 Å². The van der Waals surface area contributed by atoms with Crippen molar-refractivity contribution in [1.82, 2.24) is 25.5 Å². The van der Waals surface area contributed by atoms with Crippen molar-refractivity contribution in [2.45, 2.75) is 39.7 Å². The zero-order valence-electron chi connectivity index (χ0n) is 16.1. The molecule has 144 valence electrons. The third kappa shape index (κ3) is 4.49. The molecule has 0 unspecified atom stereocenters. The van der Waals surface area contributed by atoms with Crippen LogP contribution in [-0.2, 0) is 16.1 Å². The number of amides is 2. The van der Waals surface area contributed by atoms with Crippen LogP contribution in [0, 0.1) is 0 Å². The number of carbonyl (C=O) groups excluding carboxylic acids is 2. The van der Waals surface area contributed by atoms with Gasteiger partial charge in [-0.2, -0.15) is 5.21 Å². The number of aromatic nitrogens is 4. The molecule has 2 aromatic carbocycles. The van der Waals surface area contributed by atoms with E-state index in [1.165, 1.54) is 11.8 Å². The number of aromatic amines is 1. The van der Waals surface area contributed by atoms with Gasteiger partial charge in [0, 0.05) is 18.9 Å². The van der Waals surface area contributed by atoms with Crippen molar-refractivity contribution in [2.75, 3.05) is 0 Å². The second kappa shape index (κ2) is 9.03. The lowest BCUT2D eigenvalue weighted by molar-refractivity contribution is -0.144. The largest absolute Gasteiger partial charge is 0.278 e. The first-order valence-electron chi connectivity index (χ1n) is 9.33. The molecular weight excluding hydrogens is 354 g/mol. The smallest absolute Gasteiger partial charge is 0.229 e. The predicted octanol–water partition coefficient (Wildman–Crippen LogP) is 3.60. The number of nitrogens with one attached hydrogen (secondary N) is 1. The third-order valence-corrected chi connectivity index (χ3v) is 4.54. The quantitative estimate of drug-likeness (QED) is 0.679. The van der Waals surface area contributed by atoms with Gasteiger partial charge in [0.1, 0.15) is 0 Å². The summed E-state index contributed by atoms with van der Waals surface area (Å²) in [6.07, 6.45) is 2.10. The molecule has 3 rings (SSSR count). The van der Waals surface area contributed by atoms with Crippen molar-refractivity contribution in [3.8, 4) is 22.5 Å². The van der Waals surface area contributed by atoms with Gasteiger partial charge in [-0.15, -0.1) is 10.2 Å². The number of carbonyl (C=O) groups is 2. The number of H-pyrrole nitrogens is 1. The molecule has 0 radical (unpaired) electrons. The van der Waals surface area contributed by atoms with Crippen molar-refractivity contribution in [1.29, 1.82) is 0 Å². The van der Waals surface area contributed by atoms with Crippen LogP contribution in [0.1, 0.15) is 38.7 Å². The minimum Gasteiger partial charge on any atom is -0.278 e. The number of unbranched alkanes of at least 4 members (excludes halogenated alkanes) is 1. The molecule has 0 aliphatic heterocycles. The molecule has 0 aliphatic carbocycles. The number of imide groups is 1. The summed E-state index contributed by atoms with van der Waals surface area (Å²) in [5.41, 5.74) is 3.76. The van der Waals surface area contributed by atoms with E-state index in [4.69, 9.17) is 0 Å². The molecule has 28 heavy (non-hydrogen) atoms. The summed E-state index contributed by atoms with van der Waals surface area (Å²) in [7, 11) is 0. The monoisotopic (exact) mass is 377 g/mol. The van der Waals surface area contributed by atoms with Crippen LogP contribution in [0.15, 0.2) is 48.5 Å². The summed E-state index contributed by atoms with van der Waals surface area (Å²) in [6, 6.07) is 15.6. The second-order valence-corrected chi connectivity index (χ2v) is 6.58.